The molecule has 0 saturated carbocycles. The van der Waals surface area contributed by atoms with Gasteiger partial charge in [0.05, 0.1) is 23.7 Å². The Labute approximate surface area is 125 Å². The highest BCUT2D eigenvalue weighted by molar-refractivity contribution is 6.35. The molecule has 0 radical (unpaired) electrons. The van der Waals surface area contributed by atoms with Crippen LogP contribution in [-0.4, -0.2) is 37.9 Å². The van der Waals surface area contributed by atoms with Crippen molar-refractivity contribution < 1.29 is 28.2 Å². The molecule has 1 fully saturated rings. The van der Waals surface area contributed by atoms with Gasteiger partial charge in [-0.3, -0.25) is 0 Å². The number of carbonyl (C=O) groups is 2. The van der Waals surface area contributed by atoms with Crippen molar-refractivity contribution in [1.29, 1.82) is 0 Å². The number of nitrogens with one attached hydrogen (secondary N) is 1. The first-order valence-electron chi connectivity index (χ1n) is 6.24. The maximum Gasteiger partial charge on any atom is 0.407 e. The number of benzene rings is 1. The van der Waals surface area contributed by atoms with Crippen molar-refractivity contribution in [3.05, 3.63) is 28.5 Å². The van der Waals surface area contributed by atoms with Crippen molar-refractivity contribution in [1.82, 2.24) is 5.32 Å². The Morgan fingerprint density at radius 1 is 1.57 bits per heavy atom. The molecule has 1 atom stereocenters. The van der Waals surface area contributed by atoms with E-state index in [2.05, 4.69) is 5.32 Å². The standard InChI is InChI=1S/C13H13ClFNO5/c1-2-19-12(17)9-3-7(15)4-10(11(9)14)20-6-8-5-16-13(18)21-8/h3-4,8H,2,5-6H2,1H3,(H,16,18). The van der Waals surface area contributed by atoms with Crippen LogP contribution >= 0.6 is 11.6 Å². The minimum atomic E-state index is -0.735. The summed E-state index contributed by atoms with van der Waals surface area (Å²) in [5.74, 6) is -1.43. The van der Waals surface area contributed by atoms with E-state index in [-0.39, 0.29) is 36.1 Å². The van der Waals surface area contributed by atoms with Crippen LogP contribution in [0, 0.1) is 5.82 Å². The molecule has 0 aliphatic carbocycles. The van der Waals surface area contributed by atoms with Crippen LogP contribution in [0.2, 0.25) is 5.02 Å². The monoisotopic (exact) mass is 317 g/mol. The lowest BCUT2D eigenvalue weighted by Gasteiger charge is -2.13. The fourth-order valence-corrected chi connectivity index (χ4v) is 1.98. The van der Waals surface area contributed by atoms with Crippen LogP contribution in [0.5, 0.6) is 5.75 Å². The van der Waals surface area contributed by atoms with Crippen LogP contribution < -0.4 is 10.1 Å². The van der Waals surface area contributed by atoms with Gasteiger partial charge in [-0.15, -0.1) is 0 Å². The SMILES string of the molecule is CCOC(=O)c1cc(F)cc(OCC2CNC(=O)O2)c1Cl. The molecule has 8 heteroatoms. The third kappa shape index (κ3) is 3.75. The van der Waals surface area contributed by atoms with E-state index in [9.17, 15) is 14.0 Å². The third-order valence-electron chi connectivity index (χ3n) is 2.67. The van der Waals surface area contributed by atoms with Crippen LogP contribution in [0.25, 0.3) is 0 Å². The maximum absolute atomic E-state index is 13.5. The van der Waals surface area contributed by atoms with Gasteiger partial charge in [0.25, 0.3) is 0 Å². The molecule has 114 valence electrons. The molecule has 1 N–H and O–H groups in total. The van der Waals surface area contributed by atoms with E-state index < -0.39 is 24.0 Å². The van der Waals surface area contributed by atoms with Crippen LogP contribution in [0.1, 0.15) is 17.3 Å². The highest BCUT2D eigenvalue weighted by atomic mass is 35.5. The molecule has 1 saturated heterocycles. The van der Waals surface area contributed by atoms with Gasteiger partial charge >= 0.3 is 12.1 Å². The fraction of sp³-hybridized carbons (Fsp3) is 0.385. The van der Waals surface area contributed by atoms with Crippen LogP contribution in [0.3, 0.4) is 0 Å². The Kier molecular flexibility index (Phi) is 4.85. The minimum absolute atomic E-state index is 0.00974. The quantitative estimate of drug-likeness (QED) is 0.842. The van der Waals surface area contributed by atoms with E-state index in [1.807, 2.05) is 0 Å². The molecule has 0 bridgehead atoms. The number of amides is 1. The summed E-state index contributed by atoms with van der Waals surface area (Å²) in [7, 11) is 0. The largest absolute Gasteiger partial charge is 0.488 e. The molecule has 1 aromatic rings. The van der Waals surface area contributed by atoms with E-state index in [0.717, 1.165) is 12.1 Å². The molecule has 6 nitrogen and oxygen atoms in total. The van der Waals surface area contributed by atoms with Crippen molar-refractivity contribution >= 4 is 23.7 Å². The Morgan fingerprint density at radius 2 is 2.33 bits per heavy atom. The summed E-state index contributed by atoms with van der Waals surface area (Å²) < 4.78 is 28.5. The molecule has 0 spiro atoms. The normalized spacial score (nSPS) is 17.1. The minimum Gasteiger partial charge on any atom is -0.488 e. The first-order chi connectivity index (χ1) is 10.0. The Morgan fingerprint density at radius 3 is 2.95 bits per heavy atom. The molecule has 1 amide bonds. The number of rotatable bonds is 5. The summed E-state index contributed by atoms with van der Waals surface area (Å²) >= 11 is 6.01. The topological polar surface area (TPSA) is 73.9 Å². The third-order valence-corrected chi connectivity index (χ3v) is 3.06. The van der Waals surface area contributed by atoms with Crippen LogP contribution in [0.4, 0.5) is 9.18 Å². The Hall–Kier alpha value is -2.02. The second-order valence-electron chi connectivity index (χ2n) is 4.21. The van der Waals surface area contributed by atoms with Gasteiger partial charge in [-0.1, -0.05) is 11.6 Å². The molecular weight excluding hydrogens is 305 g/mol. The highest BCUT2D eigenvalue weighted by Gasteiger charge is 2.24. The molecule has 1 unspecified atom stereocenters. The van der Waals surface area contributed by atoms with E-state index >= 15 is 0 Å². The summed E-state index contributed by atoms with van der Waals surface area (Å²) in [5, 5.41) is 2.41. The average Bonchev–Trinajstić information content (AvgIpc) is 2.85. The van der Waals surface area contributed by atoms with E-state index in [1.54, 1.807) is 6.92 Å². The first-order valence-corrected chi connectivity index (χ1v) is 6.62. The van der Waals surface area contributed by atoms with Gasteiger partial charge in [-0.2, -0.15) is 0 Å². The number of ether oxygens (including phenoxy) is 3. The van der Waals surface area contributed by atoms with Crippen LogP contribution in [-0.2, 0) is 9.47 Å². The van der Waals surface area contributed by atoms with Crippen LogP contribution in [0.15, 0.2) is 12.1 Å². The molecule has 21 heavy (non-hydrogen) atoms. The van der Waals surface area contributed by atoms with Gasteiger partial charge in [0, 0.05) is 6.07 Å². The first kappa shape index (κ1) is 15.4. The number of carbonyl (C=O) groups excluding carboxylic acids is 2. The van der Waals surface area contributed by atoms with Crippen molar-refractivity contribution in [2.45, 2.75) is 13.0 Å². The summed E-state index contributed by atoms with van der Waals surface area (Å²) in [5.41, 5.74) is -0.116. The zero-order chi connectivity index (χ0) is 15.4. The molecule has 1 aromatic carbocycles. The van der Waals surface area contributed by atoms with Gasteiger partial charge in [-0.25, -0.2) is 14.0 Å². The molecule has 2 rings (SSSR count). The predicted octanol–water partition coefficient (Wildman–Crippen LogP) is 2.14. The Bertz CT molecular complexity index is 566. The van der Waals surface area contributed by atoms with Gasteiger partial charge in [0.15, 0.2) is 6.10 Å². The van der Waals surface area contributed by atoms with Crippen molar-refractivity contribution in [2.75, 3.05) is 19.8 Å². The van der Waals surface area contributed by atoms with Crippen molar-refractivity contribution in [3.63, 3.8) is 0 Å². The van der Waals surface area contributed by atoms with E-state index in [4.69, 9.17) is 25.8 Å². The Balaban J connectivity index is 2.11. The zero-order valence-corrected chi connectivity index (χ0v) is 11.9. The number of halogens is 2. The molecule has 1 heterocycles. The van der Waals surface area contributed by atoms with Gasteiger partial charge in [-0.05, 0) is 13.0 Å². The summed E-state index contributed by atoms with van der Waals surface area (Å²) in [6.45, 7) is 2.05. The summed E-state index contributed by atoms with van der Waals surface area (Å²) in [4.78, 5) is 22.5. The van der Waals surface area contributed by atoms with E-state index in [1.165, 1.54) is 0 Å². The maximum atomic E-state index is 13.5. The lowest BCUT2D eigenvalue weighted by atomic mass is 10.2. The van der Waals surface area contributed by atoms with Gasteiger partial charge < -0.3 is 19.5 Å². The predicted molar refractivity (Wildman–Crippen MR) is 71.1 cm³/mol. The second-order valence-corrected chi connectivity index (χ2v) is 4.58. The number of esters is 1. The average molecular weight is 318 g/mol. The van der Waals surface area contributed by atoms with Gasteiger partial charge in [0.2, 0.25) is 0 Å². The smallest absolute Gasteiger partial charge is 0.407 e. The molecular formula is C13H13ClFNO5. The lowest BCUT2D eigenvalue weighted by Crippen LogP contribution is -2.22. The number of hydrogen-bond acceptors (Lipinski definition) is 5. The molecule has 1 aliphatic rings. The molecule has 0 aromatic heterocycles. The number of alkyl carbamates (subject to hydrolysis) is 1. The fourth-order valence-electron chi connectivity index (χ4n) is 1.73. The second kappa shape index (κ2) is 6.62. The highest BCUT2D eigenvalue weighted by Crippen LogP contribution is 2.30. The lowest BCUT2D eigenvalue weighted by molar-refractivity contribution is 0.0525. The van der Waals surface area contributed by atoms with Crippen molar-refractivity contribution in [2.24, 2.45) is 0 Å². The zero-order valence-electron chi connectivity index (χ0n) is 11.2. The van der Waals surface area contributed by atoms with E-state index in [0.29, 0.717) is 0 Å². The number of hydrogen-bond donors (Lipinski definition) is 1. The summed E-state index contributed by atoms with van der Waals surface area (Å²) in [6.07, 6.45) is -1.04. The summed E-state index contributed by atoms with van der Waals surface area (Å²) in [6, 6.07) is 2.03. The molecule has 1 aliphatic heterocycles. The van der Waals surface area contributed by atoms with Crippen molar-refractivity contribution in [3.8, 4) is 5.75 Å². The number of cyclic esters (lactones) is 1. The van der Waals surface area contributed by atoms with Gasteiger partial charge in [0.1, 0.15) is 18.2 Å².